The van der Waals surface area contributed by atoms with Crippen LogP contribution in [0.5, 0.6) is 5.75 Å². The van der Waals surface area contributed by atoms with E-state index >= 15 is 0 Å². The van der Waals surface area contributed by atoms with Crippen LogP contribution in [0.1, 0.15) is 16.1 Å². The van der Waals surface area contributed by atoms with Crippen LogP contribution in [0.4, 0.5) is 5.69 Å². The number of aromatic nitrogens is 1. The number of carbonyl (C=O) groups excluding carboxylic acids is 1. The van der Waals surface area contributed by atoms with E-state index in [0.29, 0.717) is 10.2 Å². The predicted molar refractivity (Wildman–Crippen MR) is 80.6 cm³/mol. The SMILES string of the molecule is COC(=O)c1c(N)c(C#N)cn1-c1cc(Cl)c(O)c(Br)c1. The van der Waals surface area contributed by atoms with E-state index in [9.17, 15) is 9.90 Å². The van der Waals surface area contributed by atoms with Gasteiger partial charge in [0.1, 0.15) is 11.8 Å². The van der Waals surface area contributed by atoms with Crippen LogP contribution in [0.15, 0.2) is 22.8 Å². The molecule has 0 aliphatic heterocycles. The number of aromatic hydroxyl groups is 1. The summed E-state index contributed by atoms with van der Waals surface area (Å²) < 4.78 is 6.40. The van der Waals surface area contributed by atoms with Gasteiger partial charge in [0.2, 0.25) is 0 Å². The molecule has 0 bridgehead atoms. The molecule has 2 rings (SSSR count). The number of hydrogen-bond donors (Lipinski definition) is 2. The third-order valence-electron chi connectivity index (χ3n) is 2.82. The molecule has 8 heteroatoms. The minimum atomic E-state index is -0.686. The van der Waals surface area contributed by atoms with Gasteiger partial charge in [0.05, 0.1) is 27.9 Å². The quantitative estimate of drug-likeness (QED) is 0.792. The van der Waals surface area contributed by atoms with E-state index in [4.69, 9.17) is 22.6 Å². The van der Waals surface area contributed by atoms with Gasteiger partial charge in [-0.25, -0.2) is 4.79 Å². The molecule has 0 amide bonds. The summed E-state index contributed by atoms with van der Waals surface area (Å²) in [6.07, 6.45) is 1.40. The molecular formula is C13H9BrClN3O3. The lowest BCUT2D eigenvalue weighted by molar-refractivity contribution is 0.0593. The number of phenolic OH excluding ortho intramolecular Hbond substituents is 1. The maximum atomic E-state index is 11.9. The number of nitrogen functional groups attached to an aromatic ring is 1. The zero-order valence-electron chi connectivity index (χ0n) is 10.7. The molecule has 0 aliphatic rings. The Balaban J connectivity index is 2.75. The van der Waals surface area contributed by atoms with Crippen molar-refractivity contribution in [3.63, 3.8) is 0 Å². The van der Waals surface area contributed by atoms with Crippen molar-refractivity contribution in [1.82, 2.24) is 4.57 Å². The fraction of sp³-hybridized carbons (Fsp3) is 0.0769. The summed E-state index contributed by atoms with van der Waals surface area (Å²) in [5.74, 6) is -0.810. The van der Waals surface area contributed by atoms with Gasteiger partial charge in [0.15, 0.2) is 5.69 Å². The van der Waals surface area contributed by atoms with Crippen LogP contribution in [0.2, 0.25) is 5.02 Å². The van der Waals surface area contributed by atoms with Crippen molar-refractivity contribution in [2.24, 2.45) is 0 Å². The Bertz CT molecular complexity index is 757. The number of benzene rings is 1. The Morgan fingerprint density at radius 2 is 2.24 bits per heavy atom. The Morgan fingerprint density at radius 1 is 1.57 bits per heavy atom. The first-order valence-corrected chi connectivity index (χ1v) is 6.75. The Hall–Kier alpha value is -2.17. The molecule has 0 radical (unpaired) electrons. The van der Waals surface area contributed by atoms with Crippen molar-refractivity contribution in [2.75, 3.05) is 12.8 Å². The number of carbonyl (C=O) groups is 1. The van der Waals surface area contributed by atoms with Gasteiger partial charge in [-0.1, -0.05) is 11.6 Å². The first-order valence-electron chi connectivity index (χ1n) is 5.58. The van der Waals surface area contributed by atoms with Gasteiger partial charge < -0.3 is 20.1 Å². The van der Waals surface area contributed by atoms with Crippen molar-refractivity contribution >= 4 is 39.2 Å². The highest BCUT2D eigenvalue weighted by Gasteiger charge is 2.22. The number of phenols is 1. The lowest BCUT2D eigenvalue weighted by Gasteiger charge is -2.10. The molecule has 0 aliphatic carbocycles. The fourth-order valence-corrected chi connectivity index (χ4v) is 2.59. The summed E-state index contributed by atoms with van der Waals surface area (Å²) in [6.45, 7) is 0. The third kappa shape index (κ3) is 2.55. The number of anilines is 1. The van der Waals surface area contributed by atoms with Crippen LogP contribution in [0, 0.1) is 11.3 Å². The highest BCUT2D eigenvalue weighted by atomic mass is 79.9. The average molecular weight is 371 g/mol. The minimum Gasteiger partial charge on any atom is -0.505 e. The molecule has 3 N–H and O–H groups in total. The van der Waals surface area contributed by atoms with E-state index in [-0.39, 0.29) is 27.7 Å². The average Bonchev–Trinajstić information content (AvgIpc) is 2.80. The van der Waals surface area contributed by atoms with E-state index in [1.165, 1.54) is 30.0 Å². The molecular weight excluding hydrogens is 362 g/mol. The standard InChI is InChI=1S/C13H9BrClN3O3/c1-21-13(20)11-10(17)6(4-16)5-18(11)7-2-8(14)12(19)9(15)3-7/h2-3,5,19H,17H2,1H3. The van der Waals surface area contributed by atoms with E-state index in [1.54, 1.807) is 0 Å². The smallest absolute Gasteiger partial charge is 0.357 e. The van der Waals surface area contributed by atoms with E-state index in [0.717, 1.165) is 0 Å². The molecule has 1 aromatic heterocycles. The molecule has 1 aromatic carbocycles. The molecule has 1 heterocycles. The van der Waals surface area contributed by atoms with Crippen LogP contribution in [0.25, 0.3) is 5.69 Å². The second-order valence-electron chi connectivity index (χ2n) is 4.04. The van der Waals surface area contributed by atoms with Gasteiger partial charge in [-0.2, -0.15) is 5.26 Å². The topological polar surface area (TPSA) is 101 Å². The maximum Gasteiger partial charge on any atom is 0.357 e. The summed E-state index contributed by atoms with van der Waals surface area (Å²) in [4.78, 5) is 11.9. The van der Waals surface area contributed by atoms with Gasteiger partial charge in [-0.05, 0) is 28.1 Å². The van der Waals surface area contributed by atoms with Gasteiger partial charge in [-0.15, -0.1) is 0 Å². The number of nitriles is 1. The first-order chi connectivity index (χ1) is 9.90. The van der Waals surface area contributed by atoms with Crippen molar-refractivity contribution in [3.8, 4) is 17.5 Å². The van der Waals surface area contributed by atoms with Gasteiger partial charge in [0, 0.05) is 11.9 Å². The normalized spacial score (nSPS) is 10.2. The number of hydrogen-bond acceptors (Lipinski definition) is 5. The largest absolute Gasteiger partial charge is 0.505 e. The molecule has 0 saturated heterocycles. The Morgan fingerprint density at radius 3 is 2.76 bits per heavy atom. The van der Waals surface area contributed by atoms with Crippen molar-refractivity contribution in [1.29, 1.82) is 5.26 Å². The number of ether oxygens (including phenoxy) is 1. The van der Waals surface area contributed by atoms with E-state index < -0.39 is 5.97 Å². The summed E-state index contributed by atoms with van der Waals surface area (Å²) in [7, 11) is 1.21. The zero-order valence-corrected chi connectivity index (χ0v) is 13.1. The van der Waals surface area contributed by atoms with Crippen molar-refractivity contribution in [3.05, 3.63) is 39.1 Å². The van der Waals surface area contributed by atoms with E-state index in [1.807, 2.05) is 6.07 Å². The number of esters is 1. The fourth-order valence-electron chi connectivity index (χ4n) is 1.81. The minimum absolute atomic E-state index is 0.0164. The molecule has 0 saturated carbocycles. The van der Waals surface area contributed by atoms with Gasteiger partial charge in [-0.3, -0.25) is 0 Å². The third-order valence-corrected chi connectivity index (χ3v) is 3.72. The number of nitrogens with zero attached hydrogens (tertiary/aromatic N) is 2. The highest BCUT2D eigenvalue weighted by molar-refractivity contribution is 9.10. The van der Waals surface area contributed by atoms with E-state index in [2.05, 4.69) is 20.7 Å². The summed E-state index contributed by atoms with van der Waals surface area (Å²) in [5.41, 5.74) is 6.41. The van der Waals surface area contributed by atoms with Gasteiger partial charge in [0.25, 0.3) is 0 Å². The summed E-state index contributed by atoms with van der Waals surface area (Å²) in [5, 5.41) is 18.8. The molecule has 0 fully saturated rings. The number of halogens is 2. The Labute approximate surface area is 133 Å². The first kappa shape index (κ1) is 15.2. The maximum absolute atomic E-state index is 11.9. The summed E-state index contributed by atoms with van der Waals surface area (Å²) in [6, 6.07) is 4.87. The lowest BCUT2D eigenvalue weighted by Crippen LogP contribution is -2.11. The number of nitrogens with two attached hydrogens (primary N) is 1. The molecule has 2 aromatic rings. The molecule has 6 nitrogen and oxygen atoms in total. The van der Waals surface area contributed by atoms with Crippen LogP contribution < -0.4 is 5.73 Å². The summed E-state index contributed by atoms with van der Waals surface area (Å²) >= 11 is 9.06. The van der Waals surface area contributed by atoms with Crippen LogP contribution in [0.3, 0.4) is 0 Å². The lowest BCUT2D eigenvalue weighted by atomic mass is 10.2. The number of methoxy groups -OCH3 is 1. The molecule has 0 spiro atoms. The van der Waals surface area contributed by atoms with Crippen LogP contribution in [-0.2, 0) is 4.74 Å². The second-order valence-corrected chi connectivity index (χ2v) is 5.30. The Kier molecular flexibility index (Phi) is 4.11. The van der Waals surface area contributed by atoms with Crippen molar-refractivity contribution in [2.45, 2.75) is 0 Å². The van der Waals surface area contributed by atoms with Gasteiger partial charge >= 0.3 is 5.97 Å². The zero-order chi connectivity index (χ0) is 15.7. The predicted octanol–water partition coefficient (Wildman–Crippen LogP) is 2.84. The molecule has 21 heavy (non-hydrogen) atoms. The molecule has 0 unspecified atom stereocenters. The van der Waals surface area contributed by atoms with Crippen molar-refractivity contribution < 1.29 is 14.6 Å². The molecule has 0 atom stereocenters. The van der Waals surface area contributed by atoms with Crippen LogP contribution >= 0.6 is 27.5 Å². The molecule has 108 valence electrons. The number of rotatable bonds is 2. The highest BCUT2D eigenvalue weighted by Crippen LogP contribution is 2.35. The monoisotopic (exact) mass is 369 g/mol. The van der Waals surface area contributed by atoms with Crippen LogP contribution in [-0.4, -0.2) is 22.8 Å². The second kappa shape index (κ2) is 5.68.